The highest BCUT2D eigenvalue weighted by Crippen LogP contribution is 2.36. The van der Waals surface area contributed by atoms with Crippen LogP contribution in [0.1, 0.15) is 41.5 Å². The van der Waals surface area contributed by atoms with Crippen molar-refractivity contribution in [2.75, 3.05) is 7.05 Å². The summed E-state index contributed by atoms with van der Waals surface area (Å²) in [4.78, 5) is 13.9. The van der Waals surface area contributed by atoms with E-state index in [0.29, 0.717) is 5.70 Å². The van der Waals surface area contributed by atoms with Gasteiger partial charge in [0.2, 0.25) is 0 Å². The first-order valence-electron chi connectivity index (χ1n) is 7.83. The van der Waals surface area contributed by atoms with Crippen LogP contribution in [0.5, 0.6) is 0 Å². The lowest BCUT2D eigenvalue weighted by atomic mass is 9.82. The van der Waals surface area contributed by atoms with Crippen molar-refractivity contribution in [2.45, 2.75) is 58.8 Å². The highest BCUT2D eigenvalue weighted by Gasteiger charge is 2.52. The van der Waals surface area contributed by atoms with E-state index in [1.165, 1.54) is 4.68 Å². The second kappa shape index (κ2) is 5.80. The van der Waals surface area contributed by atoms with Crippen molar-refractivity contribution in [1.29, 1.82) is 0 Å². The molecule has 0 radical (unpaired) electrons. The first kappa shape index (κ1) is 17.8. The van der Waals surface area contributed by atoms with Gasteiger partial charge < -0.3 is 14.2 Å². The average Bonchev–Trinajstić information content (AvgIpc) is 2.99. The maximum atomic E-state index is 12.3. The first-order chi connectivity index (χ1) is 10.5. The van der Waals surface area contributed by atoms with Crippen LogP contribution < -0.4 is 5.46 Å². The maximum Gasteiger partial charge on any atom is 0.498 e. The van der Waals surface area contributed by atoms with E-state index in [1.54, 1.807) is 24.3 Å². The van der Waals surface area contributed by atoms with Crippen LogP contribution in [0.4, 0.5) is 0 Å². The number of hydrogen-bond donors (Lipinski definition) is 0. The molecule has 1 aromatic rings. The molecule has 0 N–H and O–H groups in total. The first-order valence-corrected chi connectivity index (χ1v) is 7.83. The lowest BCUT2D eigenvalue weighted by Crippen LogP contribution is -2.41. The molecular weight excluding hydrogens is 293 g/mol. The zero-order chi connectivity index (χ0) is 17.6. The van der Waals surface area contributed by atoms with E-state index in [9.17, 15) is 4.79 Å². The number of carbonyl (C=O) groups is 1. The van der Waals surface area contributed by atoms with E-state index < -0.39 is 18.3 Å². The molecule has 1 aromatic heterocycles. The van der Waals surface area contributed by atoms with Crippen LogP contribution in [0.15, 0.2) is 19.0 Å². The number of nitrogens with zero attached hydrogens (tertiary/aromatic N) is 3. The minimum Gasteiger partial charge on any atom is -0.399 e. The highest BCUT2D eigenvalue weighted by molar-refractivity contribution is 6.62. The van der Waals surface area contributed by atoms with Crippen molar-refractivity contribution in [3.05, 3.63) is 19.0 Å². The number of hydrogen-bond acceptors (Lipinski definition) is 4. The van der Waals surface area contributed by atoms with E-state index in [2.05, 4.69) is 11.7 Å². The quantitative estimate of drug-likeness (QED) is 0.624. The largest absolute Gasteiger partial charge is 0.498 e. The van der Waals surface area contributed by atoms with Crippen LogP contribution >= 0.6 is 0 Å². The molecule has 0 aliphatic carbocycles. The fraction of sp³-hybridized carbons (Fsp3) is 0.625. The van der Waals surface area contributed by atoms with Crippen molar-refractivity contribution in [2.24, 2.45) is 0 Å². The third kappa shape index (κ3) is 3.21. The molecule has 126 valence electrons. The molecule has 6 nitrogen and oxygen atoms in total. The van der Waals surface area contributed by atoms with Gasteiger partial charge in [-0.1, -0.05) is 6.58 Å². The Morgan fingerprint density at radius 3 is 2.30 bits per heavy atom. The summed E-state index contributed by atoms with van der Waals surface area (Å²) in [7, 11) is 1.25. The van der Waals surface area contributed by atoms with Gasteiger partial charge in [0.15, 0.2) is 0 Å². The Balaban J connectivity index is 2.16. The van der Waals surface area contributed by atoms with Gasteiger partial charge in [0, 0.05) is 30.9 Å². The normalized spacial score (nSPS) is 19.2. The molecule has 0 bridgehead atoms. The predicted molar refractivity (Wildman–Crippen MR) is 91.2 cm³/mol. The fourth-order valence-electron chi connectivity index (χ4n) is 2.12. The van der Waals surface area contributed by atoms with Crippen LogP contribution in [-0.2, 0) is 14.1 Å². The molecule has 23 heavy (non-hydrogen) atoms. The molecule has 0 spiro atoms. The molecule has 1 saturated heterocycles. The summed E-state index contributed by atoms with van der Waals surface area (Å²) in [5.41, 5.74) is 0.239. The van der Waals surface area contributed by atoms with Crippen molar-refractivity contribution >= 4 is 24.2 Å². The second-order valence-electron chi connectivity index (χ2n) is 7.26. The number of likely N-dealkylation sites (N-methyl/N-ethyl adjacent to an activating group) is 1. The molecule has 2 heterocycles. The number of rotatable bonds is 4. The van der Waals surface area contributed by atoms with Gasteiger partial charge in [0.25, 0.3) is 5.91 Å². The fourth-order valence-corrected chi connectivity index (χ4v) is 2.12. The number of amides is 1. The second-order valence-corrected chi connectivity index (χ2v) is 7.26. The molecule has 0 unspecified atom stereocenters. The van der Waals surface area contributed by atoms with Gasteiger partial charge in [-0.15, -0.1) is 0 Å². The van der Waals surface area contributed by atoms with E-state index in [4.69, 9.17) is 9.31 Å². The summed E-state index contributed by atoms with van der Waals surface area (Å²) >= 11 is 0. The van der Waals surface area contributed by atoms with Gasteiger partial charge in [-0.3, -0.25) is 4.79 Å². The summed E-state index contributed by atoms with van der Waals surface area (Å²) in [6.07, 6.45) is 3.38. The molecule has 1 aliphatic heterocycles. The van der Waals surface area contributed by atoms with Crippen LogP contribution in [0.25, 0.3) is 5.70 Å². The van der Waals surface area contributed by atoms with Gasteiger partial charge in [-0.25, -0.2) is 4.68 Å². The maximum absolute atomic E-state index is 12.3. The zero-order valence-electron chi connectivity index (χ0n) is 15.1. The Kier molecular flexibility index (Phi) is 4.48. The van der Waals surface area contributed by atoms with E-state index >= 15 is 0 Å². The van der Waals surface area contributed by atoms with Crippen LogP contribution in [0.2, 0.25) is 0 Å². The molecule has 1 fully saturated rings. The molecule has 0 saturated carbocycles. The molecular formula is C16H26BN3O3. The summed E-state index contributed by atoms with van der Waals surface area (Å²) in [5, 5.41) is 4.23. The van der Waals surface area contributed by atoms with Gasteiger partial charge in [-0.2, -0.15) is 5.10 Å². The zero-order valence-corrected chi connectivity index (χ0v) is 15.1. The van der Waals surface area contributed by atoms with Crippen LogP contribution in [-0.4, -0.2) is 52.0 Å². The Hall–Kier alpha value is -1.60. The Bertz CT molecular complexity index is 606. The van der Waals surface area contributed by atoms with Crippen molar-refractivity contribution in [1.82, 2.24) is 14.7 Å². The molecule has 0 atom stereocenters. The number of carbonyl (C=O) groups excluding carboxylic acids is 1. The van der Waals surface area contributed by atoms with Gasteiger partial charge in [0.1, 0.15) is 5.70 Å². The van der Waals surface area contributed by atoms with Gasteiger partial charge in [-0.05, 0) is 41.5 Å². The van der Waals surface area contributed by atoms with Crippen molar-refractivity contribution in [3.8, 4) is 0 Å². The Labute approximate surface area is 138 Å². The monoisotopic (exact) mass is 319 g/mol. The minimum atomic E-state index is -0.500. The lowest BCUT2D eigenvalue weighted by molar-refractivity contribution is -0.125. The van der Waals surface area contributed by atoms with E-state index in [0.717, 1.165) is 5.46 Å². The summed E-state index contributed by atoms with van der Waals surface area (Å²) in [6.45, 7) is 15.7. The van der Waals surface area contributed by atoms with Crippen molar-refractivity contribution < 1.29 is 14.1 Å². The Morgan fingerprint density at radius 2 is 1.83 bits per heavy atom. The van der Waals surface area contributed by atoms with Gasteiger partial charge >= 0.3 is 7.12 Å². The lowest BCUT2D eigenvalue weighted by Gasteiger charge is -2.32. The molecule has 7 heteroatoms. The third-order valence-corrected chi connectivity index (χ3v) is 4.75. The predicted octanol–water partition coefficient (Wildman–Crippen LogP) is 1.52. The van der Waals surface area contributed by atoms with Crippen molar-refractivity contribution in [3.63, 3.8) is 0 Å². The smallest absolute Gasteiger partial charge is 0.399 e. The molecule has 1 amide bonds. The summed E-state index contributed by atoms with van der Waals surface area (Å²) < 4.78 is 13.5. The minimum absolute atomic E-state index is 0.0948. The van der Waals surface area contributed by atoms with Gasteiger partial charge in [0.05, 0.1) is 11.2 Å². The van der Waals surface area contributed by atoms with Crippen LogP contribution in [0.3, 0.4) is 0 Å². The standard InChI is InChI=1S/C16H26BN3O3/c1-11(2)19(8)14(21)12(3)20-10-13(9-18-20)17-22-15(4,5)16(6,7)23-17/h9-11H,3H2,1-2,4-8H3. The molecule has 2 rings (SSSR count). The Morgan fingerprint density at radius 1 is 1.30 bits per heavy atom. The van der Waals surface area contributed by atoms with Crippen LogP contribution in [0, 0.1) is 0 Å². The average molecular weight is 319 g/mol. The third-order valence-electron chi connectivity index (χ3n) is 4.75. The topological polar surface area (TPSA) is 56.6 Å². The molecule has 1 aliphatic rings. The SMILES string of the molecule is C=C(C(=O)N(C)C(C)C)n1cc(B2OC(C)(C)C(C)(C)O2)cn1. The van der Waals surface area contributed by atoms with E-state index in [1.807, 2.05) is 41.5 Å². The van der Waals surface area contributed by atoms with E-state index in [-0.39, 0.29) is 11.9 Å². The highest BCUT2D eigenvalue weighted by atomic mass is 16.7. The summed E-state index contributed by atoms with van der Waals surface area (Å²) in [6, 6.07) is 0.0948. The number of aromatic nitrogens is 2. The summed E-state index contributed by atoms with van der Waals surface area (Å²) in [5.74, 6) is -0.163. The molecule has 0 aromatic carbocycles.